The predicted octanol–water partition coefficient (Wildman–Crippen LogP) is 9.86. The molecule has 0 radical (unpaired) electrons. The first-order chi connectivity index (χ1) is 19.7. The molecule has 0 unspecified atom stereocenters. The minimum absolute atomic E-state index is 0.0685. The van der Waals surface area contributed by atoms with Gasteiger partial charge in [-0.3, -0.25) is 0 Å². The fraction of sp³-hybridized carbons (Fsp3) is 0.135. The van der Waals surface area contributed by atoms with E-state index < -0.39 is 0 Å². The average molecular weight is 520 g/mol. The maximum atomic E-state index is 6.34. The molecule has 0 amide bonds. The van der Waals surface area contributed by atoms with Crippen molar-refractivity contribution in [2.45, 2.75) is 31.6 Å². The van der Waals surface area contributed by atoms with Crippen molar-refractivity contribution in [2.75, 3.05) is 0 Å². The van der Waals surface area contributed by atoms with Crippen molar-refractivity contribution in [1.29, 1.82) is 0 Å². The molecule has 0 fully saturated rings. The summed E-state index contributed by atoms with van der Waals surface area (Å²) in [5.41, 5.74) is 9.85. The number of ether oxygens (including phenoxy) is 2. The molecule has 6 aromatic rings. The molecule has 0 saturated carbocycles. The molecule has 0 saturated heterocycles. The fourth-order valence-corrected chi connectivity index (χ4v) is 6.77. The molecule has 1 N–H and O–H groups in total. The smallest absolute Gasteiger partial charge is 0.131 e. The molecule has 194 valence electrons. The SMILES string of the molecule is CC(C)c1c(C2c3ccccc3Oc3ccccc32)[nH]c2ccc(C3c4ccccc4Oc4ccccc43)cc12. The van der Waals surface area contributed by atoms with Crippen LogP contribution in [0, 0.1) is 0 Å². The van der Waals surface area contributed by atoms with E-state index in [9.17, 15) is 0 Å². The van der Waals surface area contributed by atoms with Crippen molar-refractivity contribution in [2.24, 2.45) is 0 Å². The number of hydrogen-bond acceptors (Lipinski definition) is 2. The molecule has 0 spiro atoms. The highest BCUT2D eigenvalue weighted by Crippen LogP contribution is 2.51. The lowest BCUT2D eigenvalue weighted by molar-refractivity contribution is 0.451. The minimum Gasteiger partial charge on any atom is -0.457 e. The van der Waals surface area contributed by atoms with Crippen molar-refractivity contribution in [3.05, 3.63) is 154 Å². The second kappa shape index (κ2) is 8.89. The Labute approximate surface area is 234 Å². The molecule has 8 rings (SSSR count). The molecule has 5 aromatic carbocycles. The van der Waals surface area contributed by atoms with Crippen LogP contribution < -0.4 is 9.47 Å². The fourth-order valence-electron chi connectivity index (χ4n) is 6.77. The predicted molar refractivity (Wildman–Crippen MR) is 160 cm³/mol. The Bertz CT molecular complexity index is 1820. The minimum atomic E-state index is 0.0685. The standard InChI is InChI=1S/C37H29NO2/c1-22(2)34-28-21-23(35-24-11-3-7-15-30(24)39-31-16-8-4-12-25(31)35)19-20-29(28)38-37(34)36-26-13-5-9-17-32(26)40-33-18-10-6-14-27(33)36/h3-22,35-36,38H,1-2H3. The van der Waals surface area contributed by atoms with Gasteiger partial charge in [-0.05, 0) is 53.4 Å². The molecule has 2 aliphatic rings. The van der Waals surface area contributed by atoms with Gasteiger partial charge in [0.15, 0.2) is 0 Å². The van der Waals surface area contributed by atoms with E-state index in [2.05, 4.69) is 110 Å². The van der Waals surface area contributed by atoms with Crippen molar-refractivity contribution in [3.63, 3.8) is 0 Å². The number of aromatic amines is 1. The Morgan fingerprint density at radius 2 is 1.00 bits per heavy atom. The lowest BCUT2D eigenvalue weighted by Crippen LogP contribution is -2.13. The Balaban J connectivity index is 1.35. The van der Waals surface area contributed by atoms with E-state index in [4.69, 9.17) is 9.47 Å². The normalized spacial score (nSPS) is 14.2. The number of aromatic nitrogens is 1. The molecule has 3 nitrogen and oxygen atoms in total. The van der Waals surface area contributed by atoms with E-state index in [1.807, 2.05) is 24.3 Å². The second-order valence-corrected chi connectivity index (χ2v) is 11.1. The number of para-hydroxylation sites is 4. The van der Waals surface area contributed by atoms with Gasteiger partial charge in [0.2, 0.25) is 0 Å². The highest BCUT2D eigenvalue weighted by Gasteiger charge is 2.33. The number of rotatable bonds is 3. The first kappa shape index (κ1) is 23.2. The van der Waals surface area contributed by atoms with Crippen LogP contribution in [0.5, 0.6) is 23.0 Å². The molecule has 3 heteroatoms. The Hall–Kier alpha value is -4.76. The van der Waals surface area contributed by atoms with Crippen LogP contribution in [-0.2, 0) is 0 Å². The molecule has 2 aliphatic heterocycles. The third-order valence-corrected chi connectivity index (χ3v) is 8.45. The first-order valence-corrected chi connectivity index (χ1v) is 14.0. The van der Waals surface area contributed by atoms with Gasteiger partial charge in [-0.25, -0.2) is 0 Å². The summed E-state index contributed by atoms with van der Waals surface area (Å²) in [6.07, 6.45) is 0. The van der Waals surface area contributed by atoms with Crippen molar-refractivity contribution in [1.82, 2.24) is 4.98 Å². The average Bonchev–Trinajstić information content (AvgIpc) is 3.37. The summed E-state index contributed by atoms with van der Waals surface area (Å²) in [6.45, 7) is 4.60. The number of H-pyrrole nitrogens is 1. The number of hydrogen-bond donors (Lipinski definition) is 1. The highest BCUT2D eigenvalue weighted by atomic mass is 16.5. The lowest BCUT2D eigenvalue weighted by Gasteiger charge is -2.29. The van der Waals surface area contributed by atoms with Gasteiger partial charge >= 0.3 is 0 Å². The molecular formula is C37H29NO2. The van der Waals surface area contributed by atoms with Crippen LogP contribution in [0.1, 0.15) is 70.7 Å². The summed E-state index contributed by atoms with van der Waals surface area (Å²) in [5, 5.41) is 1.28. The monoisotopic (exact) mass is 519 g/mol. The zero-order valence-electron chi connectivity index (χ0n) is 22.5. The van der Waals surface area contributed by atoms with Gasteiger partial charge in [0, 0.05) is 44.8 Å². The summed E-state index contributed by atoms with van der Waals surface area (Å²) in [5.74, 6) is 4.22. The van der Waals surface area contributed by atoms with E-state index in [1.165, 1.54) is 44.5 Å². The quantitative estimate of drug-likeness (QED) is 0.252. The summed E-state index contributed by atoms with van der Waals surface area (Å²) in [4.78, 5) is 3.89. The summed E-state index contributed by atoms with van der Waals surface area (Å²) in [7, 11) is 0. The van der Waals surface area contributed by atoms with Crippen LogP contribution in [-0.4, -0.2) is 4.98 Å². The van der Waals surface area contributed by atoms with Gasteiger partial charge in [0.05, 0.1) is 5.92 Å². The first-order valence-electron chi connectivity index (χ1n) is 14.0. The van der Waals surface area contributed by atoms with Gasteiger partial charge in [0.25, 0.3) is 0 Å². The maximum Gasteiger partial charge on any atom is 0.131 e. The third kappa shape index (κ3) is 3.44. The Kier molecular flexibility index (Phi) is 5.15. The van der Waals surface area contributed by atoms with Crippen LogP contribution in [0.2, 0.25) is 0 Å². The summed E-state index contributed by atoms with van der Waals surface area (Å²) < 4.78 is 12.7. The molecule has 0 aliphatic carbocycles. The Morgan fingerprint density at radius 3 is 1.48 bits per heavy atom. The van der Waals surface area contributed by atoms with E-state index >= 15 is 0 Å². The second-order valence-electron chi connectivity index (χ2n) is 11.1. The van der Waals surface area contributed by atoms with E-state index in [1.54, 1.807) is 0 Å². The van der Waals surface area contributed by atoms with Crippen LogP contribution in [0.15, 0.2) is 115 Å². The van der Waals surface area contributed by atoms with Gasteiger partial charge < -0.3 is 14.5 Å². The molecule has 0 atom stereocenters. The molecule has 40 heavy (non-hydrogen) atoms. The number of benzene rings is 5. The van der Waals surface area contributed by atoms with Crippen LogP contribution in [0.4, 0.5) is 0 Å². The molecular weight excluding hydrogens is 490 g/mol. The van der Waals surface area contributed by atoms with Crippen molar-refractivity contribution >= 4 is 10.9 Å². The van der Waals surface area contributed by atoms with Crippen LogP contribution >= 0.6 is 0 Å². The topological polar surface area (TPSA) is 34.2 Å². The van der Waals surface area contributed by atoms with E-state index in [-0.39, 0.29) is 11.8 Å². The molecule has 1 aromatic heterocycles. The van der Waals surface area contributed by atoms with Crippen LogP contribution in [0.25, 0.3) is 10.9 Å². The van der Waals surface area contributed by atoms with Gasteiger partial charge in [-0.2, -0.15) is 0 Å². The van der Waals surface area contributed by atoms with Gasteiger partial charge in [0.1, 0.15) is 23.0 Å². The maximum absolute atomic E-state index is 6.34. The number of nitrogens with one attached hydrogen (secondary N) is 1. The Morgan fingerprint density at radius 1 is 0.550 bits per heavy atom. The zero-order chi connectivity index (χ0) is 26.8. The third-order valence-electron chi connectivity index (χ3n) is 8.45. The molecule has 3 heterocycles. The van der Waals surface area contributed by atoms with Crippen molar-refractivity contribution in [3.8, 4) is 23.0 Å². The van der Waals surface area contributed by atoms with E-state index in [0.717, 1.165) is 28.5 Å². The summed E-state index contributed by atoms with van der Waals surface area (Å²) >= 11 is 0. The zero-order valence-corrected chi connectivity index (χ0v) is 22.5. The summed E-state index contributed by atoms with van der Waals surface area (Å²) in [6, 6.07) is 40.7. The van der Waals surface area contributed by atoms with Gasteiger partial charge in [-0.15, -0.1) is 0 Å². The van der Waals surface area contributed by atoms with Crippen molar-refractivity contribution < 1.29 is 9.47 Å². The molecule has 0 bridgehead atoms. The lowest BCUT2D eigenvalue weighted by atomic mass is 9.80. The number of fused-ring (bicyclic) bond motifs is 5. The van der Waals surface area contributed by atoms with Crippen LogP contribution in [0.3, 0.4) is 0 Å². The van der Waals surface area contributed by atoms with Gasteiger partial charge in [-0.1, -0.05) is 92.7 Å². The largest absolute Gasteiger partial charge is 0.457 e. The highest BCUT2D eigenvalue weighted by molar-refractivity contribution is 5.87. The van der Waals surface area contributed by atoms with E-state index in [0.29, 0.717) is 5.92 Å².